The van der Waals surface area contributed by atoms with Crippen molar-refractivity contribution in [2.45, 2.75) is 18.9 Å². The minimum Gasteiger partial charge on any atom is -0.481 e. The number of anilines is 2. The number of hydrogen-bond donors (Lipinski definition) is 1. The topological polar surface area (TPSA) is 79.7 Å². The van der Waals surface area contributed by atoms with Crippen LogP contribution >= 0.6 is 11.3 Å². The monoisotopic (exact) mass is 354 g/mol. The van der Waals surface area contributed by atoms with Gasteiger partial charge in [-0.15, -0.1) is 0 Å². The number of fused-ring (bicyclic) bond motifs is 2. The summed E-state index contributed by atoms with van der Waals surface area (Å²) in [5.74, 6) is -1.07. The number of carbonyl (C=O) groups excluding carboxylic acids is 1. The van der Waals surface area contributed by atoms with Crippen molar-refractivity contribution in [1.82, 2.24) is 4.98 Å². The van der Waals surface area contributed by atoms with Crippen LogP contribution in [-0.2, 0) is 9.59 Å². The van der Waals surface area contributed by atoms with Crippen LogP contribution in [0.5, 0.6) is 5.75 Å². The number of para-hydroxylation sites is 3. The molecule has 2 heterocycles. The third-order valence-corrected chi connectivity index (χ3v) is 5.08. The molecule has 0 spiro atoms. The van der Waals surface area contributed by atoms with Crippen molar-refractivity contribution in [1.29, 1.82) is 0 Å². The summed E-state index contributed by atoms with van der Waals surface area (Å²) in [6.45, 7) is 1.50. The van der Waals surface area contributed by atoms with E-state index in [2.05, 4.69) is 4.98 Å². The minimum absolute atomic E-state index is 0.429. The van der Waals surface area contributed by atoms with E-state index in [0.29, 0.717) is 16.6 Å². The molecule has 0 saturated heterocycles. The summed E-state index contributed by atoms with van der Waals surface area (Å²) in [6, 6.07) is 14.7. The molecule has 1 N–H and O–H groups in total. The fraction of sp³-hybridized carbons (Fsp3) is 0.167. The number of ether oxygens (including phenoxy) is 1. The highest BCUT2D eigenvalue weighted by molar-refractivity contribution is 7.22. The quantitative estimate of drug-likeness (QED) is 0.777. The van der Waals surface area contributed by atoms with Crippen molar-refractivity contribution in [2.24, 2.45) is 0 Å². The normalized spacial score (nSPS) is 19.6. The molecule has 0 aliphatic carbocycles. The van der Waals surface area contributed by atoms with Crippen molar-refractivity contribution < 1.29 is 19.4 Å². The standard InChI is InChI=1S/C18H14N2O4S/c1-18(10-15(21)22)16(23)20(12-7-3-4-8-13(12)24-18)17-19-11-6-2-5-9-14(11)25-17/h2-9H,10H2,1H3,(H,21,22). The molecule has 1 atom stereocenters. The van der Waals surface area contributed by atoms with Crippen LogP contribution < -0.4 is 9.64 Å². The molecule has 1 amide bonds. The van der Waals surface area contributed by atoms with Gasteiger partial charge >= 0.3 is 5.97 Å². The van der Waals surface area contributed by atoms with Crippen LogP contribution in [-0.4, -0.2) is 27.6 Å². The number of aromatic nitrogens is 1. The Hall–Kier alpha value is -2.93. The molecule has 3 aromatic rings. The fourth-order valence-corrected chi connectivity index (χ4v) is 3.88. The second kappa shape index (κ2) is 5.56. The van der Waals surface area contributed by atoms with E-state index in [0.717, 1.165) is 10.2 Å². The zero-order chi connectivity index (χ0) is 17.6. The molecule has 0 fully saturated rings. The van der Waals surface area contributed by atoms with Crippen molar-refractivity contribution in [2.75, 3.05) is 4.90 Å². The summed E-state index contributed by atoms with van der Waals surface area (Å²) in [7, 11) is 0. The van der Waals surface area contributed by atoms with Gasteiger partial charge in [-0.3, -0.25) is 9.59 Å². The van der Waals surface area contributed by atoms with Gasteiger partial charge in [-0.05, 0) is 31.2 Å². The molecule has 0 radical (unpaired) electrons. The molecule has 6 nitrogen and oxygen atoms in total. The summed E-state index contributed by atoms with van der Waals surface area (Å²) in [5.41, 5.74) is -0.133. The largest absolute Gasteiger partial charge is 0.481 e. The number of amides is 1. The van der Waals surface area contributed by atoms with E-state index in [1.54, 1.807) is 24.3 Å². The Morgan fingerprint density at radius 1 is 1.24 bits per heavy atom. The van der Waals surface area contributed by atoms with E-state index in [1.807, 2.05) is 24.3 Å². The smallest absolute Gasteiger partial charge is 0.307 e. The molecule has 0 saturated carbocycles. The second-order valence-electron chi connectivity index (χ2n) is 5.98. The third kappa shape index (κ3) is 2.53. The van der Waals surface area contributed by atoms with Crippen LogP contribution in [0.2, 0.25) is 0 Å². The van der Waals surface area contributed by atoms with Crippen LogP contribution in [0.15, 0.2) is 48.5 Å². The van der Waals surface area contributed by atoms with E-state index in [-0.39, 0.29) is 0 Å². The maximum absolute atomic E-state index is 13.1. The number of hydrogen-bond acceptors (Lipinski definition) is 5. The molecule has 1 aromatic heterocycles. The first kappa shape index (κ1) is 15.6. The number of rotatable bonds is 3. The lowest BCUT2D eigenvalue weighted by Gasteiger charge is -2.38. The molecular formula is C18H14N2O4S. The molecule has 1 unspecified atom stereocenters. The highest BCUT2D eigenvalue weighted by atomic mass is 32.1. The Bertz CT molecular complexity index is 966. The van der Waals surface area contributed by atoms with Crippen LogP contribution in [0.25, 0.3) is 10.2 Å². The summed E-state index contributed by atoms with van der Waals surface area (Å²) in [6.07, 6.45) is -0.429. The van der Waals surface area contributed by atoms with Gasteiger partial charge in [-0.1, -0.05) is 35.6 Å². The number of nitrogens with zero attached hydrogens (tertiary/aromatic N) is 2. The van der Waals surface area contributed by atoms with Gasteiger partial charge in [0.1, 0.15) is 5.75 Å². The molecule has 4 rings (SSSR count). The highest BCUT2D eigenvalue weighted by Crippen LogP contribution is 2.44. The van der Waals surface area contributed by atoms with Crippen molar-refractivity contribution in [3.05, 3.63) is 48.5 Å². The van der Waals surface area contributed by atoms with E-state index in [1.165, 1.54) is 23.2 Å². The number of carbonyl (C=O) groups is 2. The molecule has 0 bridgehead atoms. The van der Waals surface area contributed by atoms with Gasteiger partial charge in [-0.2, -0.15) is 0 Å². The molecule has 7 heteroatoms. The Morgan fingerprint density at radius 2 is 1.96 bits per heavy atom. The van der Waals surface area contributed by atoms with Crippen molar-refractivity contribution in [3.8, 4) is 5.75 Å². The van der Waals surface area contributed by atoms with Gasteiger partial charge in [-0.25, -0.2) is 9.88 Å². The zero-order valence-electron chi connectivity index (χ0n) is 13.3. The predicted molar refractivity (Wildman–Crippen MR) is 94.5 cm³/mol. The van der Waals surface area contributed by atoms with Crippen LogP contribution in [0.4, 0.5) is 10.8 Å². The first-order valence-electron chi connectivity index (χ1n) is 7.68. The summed E-state index contributed by atoms with van der Waals surface area (Å²) >= 11 is 1.38. The summed E-state index contributed by atoms with van der Waals surface area (Å²) in [5, 5.41) is 9.70. The maximum atomic E-state index is 13.1. The van der Waals surface area contributed by atoms with Gasteiger partial charge in [0, 0.05) is 0 Å². The van der Waals surface area contributed by atoms with Gasteiger partial charge in [0.2, 0.25) is 0 Å². The van der Waals surface area contributed by atoms with Gasteiger partial charge in [0.25, 0.3) is 5.91 Å². The zero-order valence-corrected chi connectivity index (χ0v) is 14.1. The molecule has 2 aromatic carbocycles. The van der Waals surface area contributed by atoms with E-state index >= 15 is 0 Å². The minimum atomic E-state index is -1.49. The van der Waals surface area contributed by atoms with Gasteiger partial charge in [0.15, 0.2) is 10.7 Å². The number of carboxylic acid groups (broad SMARTS) is 1. The first-order valence-corrected chi connectivity index (χ1v) is 8.49. The van der Waals surface area contributed by atoms with Crippen molar-refractivity contribution in [3.63, 3.8) is 0 Å². The van der Waals surface area contributed by atoms with Gasteiger partial charge < -0.3 is 9.84 Å². The lowest BCUT2D eigenvalue weighted by Crippen LogP contribution is -2.53. The van der Waals surface area contributed by atoms with E-state index < -0.39 is 23.9 Å². The Balaban J connectivity index is 1.89. The number of carboxylic acids is 1. The van der Waals surface area contributed by atoms with Crippen molar-refractivity contribution >= 4 is 44.2 Å². The molecule has 1 aliphatic rings. The summed E-state index contributed by atoms with van der Waals surface area (Å²) in [4.78, 5) is 30.4. The predicted octanol–water partition coefficient (Wildman–Crippen LogP) is 3.59. The number of benzene rings is 2. The van der Waals surface area contributed by atoms with Gasteiger partial charge in [0.05, 0.1) is 22.3 Å². The average molecular weight is 354 g/mol. The van der Waals surface area contributed by atoms with Crippen LogP contribution in [0.1, 0.15) is 13.3 Å². The molecular weight excluding hydrogens is 340 g/mol. The first-order chi connectivity index (χ1) is 12.0. The van der Waals surface area contributed by atoms with Crippen LogP contribution in [0.3, 0.4) is 0 Å². The lowest BCUT2D eigenvalue weighted by atomic mass is 9.97. The van der Waals surface area contributed by atoms with E-state index in [4.69, 9.17) is 4.74 Å². The SMILES string of the molecule is CC1(CC(=O)O)Oc2ccccc2N(c2nc3ccccc3s2)C1=O. The molecule has 1 aliphatic heterocycles. The second-order valence-corrected chi connectivity index (χ2v) is 6.98. The molecule has 126 valence electrons. The fourth-order valence-electron chi connectivity index (χ4n) is 2.91. The average Bonchev–Trinajstić information content (AvgIpc) is 2.98. The summed E-state index contributed by atoms with van der Waals surface area (Å²) < 4.78 is 6.73. The van der Waals surface area contributed by atoms with E-state index in [9.17, 15) is 14.7 Å². The maximum Gasteiger partial charge on any atom is 0.307 e. The Labute approximate surface area is 147 Å². The molecule has 25 heavy (non-hydrogen) atoms. The lowest BCUT2D eigenvalue weighted by molar-refractivity contribution is -0.148. The van der Waals surface area contributed by atoms with Crippen LogP contribution in [0, 0.1) is 0 Å². The third-order valence-electron chi connectivity index (χ3n) is 4.06. The Morgan fingerprint density at radius 3 is 2.72 bits per heavy atom. The highest BCUT2D eigenvalue weighted by Gasteiger charge is 2.47. The number of thiazole rings is 1. The Kier molecular flexibility index (Phi) is 3.47. The number of aliphatic carboxylic acids is 1.